The van der Waals surface area contributed by atoms with Gasteiger partial charge in [0.1, 0.15) is 5.75 Å². The van der Waals surface area contributed by atoms with E-state index >= 15 is 0 Å². The molecule has 8 heteroatoms. The van der Waals surface area contributed by atoms with Crippen molar-refractivity contribution in [2.75, 3.05) is 44.2 Å². The molecule has 3 aliphatic rings. The maximum atomic E-state index is 10.1. The highest BCUT2D eigenvalue weighted by Gasteiger charge is 2.43. The maximum Gasteiger partial charge on any atom is 0.128 e. The number of hydrogen-bond acceptors (Lipinski definition) is 6. The zero-order valence-corrected chi connectivity index (χ0v) is 23.9. The SMILES string of the molecule is CCOc1ccccc1-c1ccc2c(n1)CN(C[C@H]1C[C@H](O)CN1)CC21CCN(c2ccc(Cl)cc2Cl)CC1. The Kier molecular flexibility index (Phi) is 7.75. The van der Waals surface area contributed by atoms with Gasteiger partial charge in [0.2, 0.25) is 0 Å². The number of nitrogens with one attached hydrogen (secondary N) is 1. The van der Waals surface area contributed by atoms with Gasteiger partial charge in [-0.05, 0) is 68.1 Å². The van der Waals surface area contributed by atoms with Crippen molar-refractivity contribution in [1.82, 2.24) is 15.2 Å². The summed E-state index contributed by atoms with van der Waals surface area (Å²) in [5.74, 6) is 0.868. The molecule has 0 amide bonds. The van der Waals surface area contributed by atoms with Gasteiger partial charge in [0.25, 0.3) is 0 Å². The minimum absolute atomic E-state index is 0.0190. The Morgan fingerprint density at radius 3 is 2.67 bits per heavy atom. The second-order valence-corrected chi connectivity index (χ2v) is 12.0. The Labute approximate surface area is 240 Å². The average Bonchev–Trinajstić information content (AvgIpc) is 3.34. The molecule has 2 fully saturated rings. The van der Waals surface area contributed by atoms with Crippen molar-refractivity contribution in [3.8, 4) is 17.0 Å². The van der Waals surface area contributed by atoms with Gasteiger partial charge in [0.15, 0.2) is 0 Å². The zero-order valence-electron chi connectivity index (χ0n) is 22.4. The number of para-hydroxylation sites is 1. The Balaban J connectivity index is 1.31. The molecule has 39 heavy (non-hydrogen) atoms. The number of rotatable bonds is 6. The topological polar surface area (TPSA) is 60.9 Å². The molecule has 0 unspecified atom stereocenters. The number of piperidine rings is 1. The second-order valence-electron chi connectivity index (χ2n) is 11.1. The van der Waals surface area contributed by atoms with Crippen LogP contribution in [0.3, 0.4) is 0 Å². The van der Waals surface area contributed by atoms with Crippen molar-refractivity contribution in [1.29, 1.82) is 0 Å². The summed E-state index contributed by atoms with van der Waals surface area (Å²) in [6, 6.07) is 18.7. The largest absolute Gasteiger partial charge is 0.493 e. The molecule has 6 rings (SSSR count). The minimum Gasteiger partial charge on any atom is -0.493 e. The highest BCUT2D eigenvalue weighted by molar-refractivity contribution is 6.36. The third-order valence-corrected chi connectivity index (χ3v) is 9.09. The summed E-state index contributed by atoms with van der Waals surface area (Å²) in [4.78, 5) is 10.2. The van der Waals surface area contributed by atoms with Gasteiger partial charge in [-0.3, -0.25) is 9.88 Å². The van der Waals surface area contributed by atoms with Gasteiger partial charge in [0.05, 0.1) is 34.8 Å². The number of β-amino-alcohol motifs (C(OH)–C–C–N with tert-alkyl or cyclic N) is 1. The molecule has 1 aromatic heterocycles. The van der Waals surface area contributed by atoms with E-state index in [1.165, 1.54) is 5.56 Å². The van der Waals surface area contributed by atoms with Crippen molar-refractivity contribution in [2.45, 2.75) is 50.3 Å². The van der Waals surface area contributed by atoms with Crippen LogP contribution in [0.1, 0.15) is 37.4 Å². The molecule has 3 aliphatic heterocycles. The second kappa shape index (κ2) is 11.3. The van der Waals surface area contributed by atoms with Gasteiger partial charge < -0.3 is 20.1 Å². The first kappa shape index (κ1) is 26.9. The molecule has 2 N–H and O–H groups in total. The molecule has 2 atom stereocenters. The van der Waals surface area contributed by atoms with E-state index in [2.05, 4.69) is 33.3 Å². The lowest BCUT2D eigenvalue weighted by Gasteiger charge is -2.49. The van der Waals surface area contributed by atoms with Crippen LogP contribution in [0.25, 0.3) is 11.3 Å². The van der Waals surface area contributed by atoms with Gasteiger partial charge in [-0.25, -0.2) is 0 Å². The monoisotopic (exact) mass is 566 g/mol. The zero-order chi connectivity index (χ0) is 27.0. The van der Waals surface area contributed by atoms with Gasteiger partial charge >= 0.3 is 0 Å². The van der Waals surface area contributed by atoms with E-state index in [9.17, 15) is 5.11 Å². The summed E-state index contributed by atoms with van der Waals surface area (Å²) in [6.07, 6.45) is 2.58. The van der Waals surface area contributed by atoms with Crippen molar-refractivity contribution >= 4 is 28.9 Å². The normalized spacial score (nSPS) is 22.7. The molecular weight excluding hydrogens is 531 g/mol. The van der Waals surface area contributed by atoms with Crippen LogP contribution in [0.5, 0.6) is 5.75 Å². The number of aliphatic hydroxyl groups excluding tert-OH is 1. The predicted octanol–water partition coefficient (Wildman–Crippen LogP) is 5.53. The van der Waals surface area contributed by atoms with E-state index in [-0.39, 0.29) is 11.5 Å². The van der Waals surface area contributed by atoms with E-state index in [0.29, 0.717) is 29.2 Å². The summed E-state index contributed by atoms with van der Waals surface area (Å²) in [7, 11) is 0. The fourth-order valence-electron chi connectivity index (χ4n) is 6.71. The number of ether oxygens (including phenoxy) is 1. The molecule has 2 aromatic carbocycles. The van der Waals surface area contributed by atoms with Gasteiger partial charge in [-0.1, -0.05) is 41.4 Å². The molecule has 0 radical (unpaired) electrons. The fourth-order valence-corrected chi connectivity index (χ4v) is 7.24. The molecule has 6 nitrogen and oxygen atoms in total. The molecule has 0 aliphatic carbocycles. The number of aliphatic hydroxyl groups is 1. The van der Waals surface area contributed by atoms with Crippen LogP contribution in [0, 0.1) is 0 Å². The highest BCUT2D eigenvalue weighted by atomic mass is 35.5. The van der Waals surface area contributed by atoms with Crippen molar-refractivity contribution in [3.63, 3.8) is 0 Å². The number of nitrogens with zero attached hydrogens (tertiary/aromatic N) is 3. The van der Waals surface area contributed by atoms with Crippen LogP contribution in [0.15, 0.2) is 54.6 Å². The van der Waals surface area contributed by atoms with Gasteiger partial charge in [-0.15, -0.1) is 0 Å². The lowest BCUT2D eigenvalue weighted by Crippen LogP contribution is -2.54. The van der Waals surface area contributed by atoms with Crippen LogP contribution in [0.4, 0.5) is 5.69 Å². The first-order valence-corrected chi connectivity index (χ1v) is 14.8. The van der Waals surface area contributed by atoms with E-state index in [1.807, 2.05) is 43.3 Å². The average molecular weight is 568 g/mol. The number of benzene rings is 2. The van der Waals surface area contributed by atoms with E-state index in [0.717, 1.165) is 80.4 Å². The van der Waals surface area contributed by atoms with Crippen LogP contribution in [-0.4, -0.2) is 66.5 Å². The summed E-state index contributed by atoms with van der Waals surface area (Å²) < 4.78 is 5.93. The summed E-state index contributed by atoms with van der Waals surface area (Å²) in [5.41, 5.74) is 5.58. The van der Waals surface area contributed by atoms with Crippen LogP contribution in [-0.2, 0) is 12.0 Å². The van der Waals surface area contributed by atoms with Crippen LogP contribution < -0.4 is 15.0 Å². The molecule has 4 heterocycles. The van der Waals surface area contributed by atoms with Crippen molar-refractivity contribution in [2.24, 2.45) is 0 Å². The van der Waals surface area contributed by atoms with E-state index < -0.39 is 0 Å². The molecular formula is C31H36Cl2N4O2. The molecule has 1 spiro atoms. The number of fused-ring (bicyclic) bond motifs is 2. The number of aromatic nitrogens is 1. The third kappa shape index (κ3) is 5.50. The first-order chi connectivity index (χ1) is 18.9. The summed E-state index contributed by atoms with van der Waals surface area (Å²) in [6.45, 7) is 7.85. The first-order valence-electron chi connectivity index (χ1n) is 14.0. The van der Waals surface area contributed by atoms with Gasteiger partial charge in [0, 0.05) is 61.3 Å². The smallest absolute Gasteiger partial charge is 0.128 e. The van der Waals surface area contributed by atoms with Gasteiger partial charge in [-0.2, -0.15) is 0 Å². The Hall–Kier alpha value is -2.35. The lowest BCUT2D eigenvalue weighted by atomic mass is 9.69. The van der Waals surface area contributed by atoms with Crippen LogP contribution >= 0.6 is 23.2 Å². The van der Waals surface area contributed by atoms with Crippen molar-refractivity contribution < 1.29 is 9.84 Å². The molecule has 206 valence electrons. The standard InChI is InChI=1S/C31H36Cl2N4O2/c1-2-39-30-6-4-3-5-24(30)27-9-8-25-28(35-27)19-36(18-22-16-23(38)17-34-22)20-31(25)11-13-37(14-12-31)29-10-7-21(32)15-26(29)33/h3-10,15,22-23,34,38H,2,11-14,16-20H2,1H3/t22-,23+/m1/s1. The Bertz CT molecular complexity index is 1330. The van der Waals surface area contributed by atoms with Crippen LogP contribution in [0.2, 0.25) is 10.0 Å². The quantitative estimate of drug-likeness (QED) is 0.409. The van der Waals surface area contributed by atoms with Crippen molar-refractivity contribution in [3.05, 3.63) is 75.9 Å². The Morgan fingerprint density at radius 1 is 1.10 bits per heavy atom. The molecule has 3 aromatic rings. The van der Waals surface area contributed by atoms with E-state index in [1.54, 1.807) is 0 Å². The predicted molar refractivity (Wildman–Crippen MR) is 158 cm³/mol. The number of halogens is 2. The number of pyridine rings is 1. The number of hydrogen-bond donors (Lipinski definition) is 2. The fraction of sp³-hybridized carbons (Fsp3) is 0.452. The Morgan fingerprint density at radius 2 is 1.92 bits per heavy atom. The molecule has 0 saturated carbocycles. The molecule has 0 bridgehead atoms. The highest BCUT2D eigenvalue weighted by Crippen LogP contribution is 2.44. The minimum atomic E-state index is -0.256. The summed E-state index contributed by atoms with van der Waals surface area (Å²) >= 11 is 12.7. The molecule has 2 saturated heterocycles. The summed E-state index contributed by atoms with van der Waals surface area (Å²) in [5, 5.41) is 15.0. The lowest BCUT2D eigenvalue weighted by molar-refractivity contribution is 0.135. The third-order valence-electron chi connectivity index (χ3n) is 8.56. The number of anilines is 1. The van der Waals surface area contributed by atoms with E-state index in [4.69, 9.17) is 32.9 Å². The maximum absolute atomic E-state index is 10.1.